The van der Waals surface area contributed by atoms with Crippen molar-refractivity contribution in [3.05, 3.63) is 33.4 Å². The van der Waals surface area contributed by atoms with Crippen LogP contribution in [-0.2, 0) is 6.42 Å². The highest BCUT2D eigenvalue weighted by Crippen LogP contribution is 2.29. The maximum absolute atomic E-state index is 5.79. The third-order valence-corrected chi connectivity index (χ3v) is 3.34. The van der Waals surface area contributed by atoms with E-state index in [0.717, 1.165) is 17.7 Å². The van der Waals surface area contributed by atoms with Gasteiger partial charge in [0.15, 0.2) is 0 Å². The molecule has 0 unspecified atom stereocenters. The van der Waals surface area contributed by atoms with Gasteiger partial charge in [-0.2, -0.15) is 5.10 Å². The van der Waals surface area contributed by atoms with Crippen LogP contribution in [0.1, 0.15) is 12.5 Å². The van der Waals surface area contributed by atoms with E-state index in [1.54, 1.807) is 0 Å². The molecule has 2 aromatic rings. The molecule has 0 aliphatic carbocycles. The van der Waals surface area contributed by atoms with E-state index in [0.29, 0.717) is 5.82 Å². The Hall–Kier alpha value is -1.04. The second kappa shape index (κ2) is 4.22. The fraction of sp³-hybridized carbons (Fsp3) is 0.182. The van der Waals surface area contributed by atoms with E-state index < -0.39 is 0 Å². The van der Waals surface area contributed by atoms with E-state index in [-0.39, 0.29) is 0 Å². The van der Waals surface area contributed by atoms with Crippen molar-refractivity contribution in [1.82, 2.24) is 10.2 Å². The molecule has 78 valence electrons. The van der Waals surface area contributed by atoms with Gasteiger partial charge in [-0.05, 0) is 35.1 Å². The standard InChI is InChI=1S/C11H12IN3/c1-2-7-10(14-15-11(7)13)8-5-3-4-6-9(8)12/h3-6H,2H2,1H3,(H3,13,14,15). The van der Waals surface area contributed by atoms with Gasteiger partial charge in [-0.15, -0.1) is 0 Å². The van der Waals surface area contributed by atoms with E-state index in [1.807, 2.05) is 12.1 Å². The van der Waals surface area contributed by atoms with Gasteiger partial charge in [0.1, 0.15) is 5.82 Å². The molecule has 4 heteroatoms. The predicted molar refractivity (Wildman–Crippen MR) is 70.5 cm³/mol. The van der Waals surface area contributed by atoms with Crippen LogP contribution in [-0.4, -0.2) is 10.2 Å². The predicted octanol–water partition coefficient (Wildman–Crippen LogP) is 2.83. The SMILES string of the molecule is CCc1c(N)n[nH]c1-c1ccccc1I. The monoisotopic (exact) mass is 313 g/mol. The summed E-state index contributed by atoms with van der Waals surface area (Å²) in [5.74, 6) is 0.604. The molecule has 0 saturated carbocycles. The molecule has 2 rings (SSSR count). The van der Waals surface area contributed by atoms with Crippen LogP contribution in [0.3, 0.4) is 0 Å². The second-order valence-electron chi connectivity index (χ2n) is 3.30. The number of halogens is 1. The lowest BCUT2D eigenvalue weighted by Gasteiger charge is -2.03. The minimum absolute atomic E-state index is 0.604. The number of nitrogens with two attached hydrogens (primary N) is 1. The molecule has 15 heavy (non-hydrogen) atoms. The average Bonchev–Trinajstić information content (AvgIpc) is 2.60. The summed E-state index contributed by atoms with van der Waals surface area (Å²) in [6.45, 7) is 2.08. The molecule has 0 saturated heterocycles. The Morgan fingerprint density at radius 2 is 2.13 bits per heavy atom. The minimum Gasteiger partial charge on any atom is -0.382 e. The molecular weight excluding hydrogens is 301 g/mol. The van der Waals surface area contributed by atoms with Gasteiger partial charge in [0.25, 0.3) is 0 Å². The number of benzene rings is 1. The van der Waals surface area contributed by atoms with Crippen molar-refractivity contribution in [1.29, 1.82) is 0 Å². The van der Waals surface area contributed by atoms with Crippen LogP contribution in [0.25, 0.3) is 11.3 Å². The van der Waals surface area contributed by atoms with Crippen LogP contribution < -0.4 is 5.73 Å². The summed E-state index contributed by atoms with van der Waals surface area (Å²) >= 11 is 2.32. The Balaban J connectivity index is 2.59. The molecule has 1 heterocycles. The molecule has 0 spiro atoms. The lowest BCUT2D eigenvalue weighted by molar-refractivity contribution is 1.10. The summed E-state index contributed by atoms with van der Waals surface area (Å²) in [4.78, 5) is 0. The number of nitrogens with one attached hydrogen (secondary N) is 1. The quantitative estimate of drug-likeness (QED) is 0.838. The van der Waals surface area contributed by atoms with Crippen LogP contribution >= 0.6 is 22.6 Å². The third kappa shape index (κ3) is 1.86. The highest BCUT2D eigenvalue weighted by Gasteiger charge is 2.12. The van der Waals surface area contributed by atoms with E-state index in [2.05, 4.69) is 51.8 Å². The van der Waals surface area contributed by atoms with Gasteiger partial charge in [-0.3, -0.25) is 5.10 Å². The van der Waals surface area contributed by atoms with Crippen LogP contribution in [0.15, 0.2) is 24.3 Å². The smallest absolute Gasteiger partial charge is 0.149 e. The Labute approximate surface area is 102 Å². The van der Waals surface area contributed by atoms with Gasteiger partial charge < -0.3 is 5.73 Å². The van der Waals surface area contributed by atoms with Crippen molar-refractivity contribution in [2.24, 2.45) is 0 Å². The average molecular weight is 313 g/mol. The fourth-order valence-electron chi connectivity index (χ4n) is 1.62. The van der Waals surface area contributed by atoms with E-state index in [4.69, 9.17) is 5.73 Å². The van der Waals surface area contributed by atoms with Crippen molar-refractivity contribution in [3.8, 4) is 11.3 Å². The molecule has 1 aromatic heterocycles. The van der Waals surface area contributed by atoms with E-state index in [9.17, 15) is 0 Å². The first-order chi connectivity index (χ1) is 7.24. The zero-order chi connectivity index (χ0) is 10.8. The molecule has 0 bridgehead atoms. The fourth-order valence-corrected chi connectivity index (χ4v) is 2.28. The van der Waals surface area contributed by atoms with Crippen molar-refractivity contribution in [2.45, 2.75) is 13.3 Å². The number of H-pyrrole nitrogens is 1. The first-order valence-corrected chi connectivity index (χ1v) is 5.89. The Morgan fingerprint density at radius 3 is 2.80 bits per heavy atom. The number of nitrogen functional groups attached to an aromatic ring is 1. The maximum atomic E-state index is 5.79. The summed E-state index contributed by atoms with van der Waals surface area (Å²) in [6, 6.07) is 8.20. The Morgan fingerprint density at radius 1 is 1.40 bits per heavy atom. The van der Waals surface area contributed by atoms with Crippen molar-refractivity contribution < 1.29 is 0 Å². The molecule has 0 atom stereocenters. The molecular formula is C11H12IN3. The molecule has 0 amide bonds. The van der Waals surface area contributed by atoms with Gasteiger partial charge in [0.2, 0.25) is 0 Å². The highest BCUT2D eigenvalue weighted by molar-refractivity contribution is 14.1. The van der Waals surface area contributed by atoms with Crippen LogP contribution in [0, 0.1) is 3.57 Å². The van der Waals surface area contributed by atoms with Gasteiger partial charge in [-0.25, -0.2) is 0 Å². The van der Waals surface area contributed by atoms with Crippen LogP contribution in [0.2, 0.25) is 0 Å². The molecule has 0 aliphatic heterocycles. The molecule has 0 radical (unpaired) electrons. The molecule has 0 fully saturated rings. The first kappa shape index (κ1) is 10.5. The van der Waals surface area contributed by atoms with Gasteiger partial charge in [-0.1, -0.05) is 25.1 Å². The minimum atomic E-state index is 0.604. The van der Waals surface area contributed by atoms with Gasteiger partial charge >= 0.3 is 0 Å². The summed E-state index contributed by atoms with van der Waals surface area (Å²) in [6.07, 6.45) is 0.892. The Bertz CT molecular complexity index is 476. The van der Waals surface area contributed by atoms with Crippen LogP contribution in [0.5, 0.6) is 0 Å². The number of hydrogen-bond donors (Lipinski definition) is 2. The summed E-state index contributed by atoms with van der Waals surface area (Å²) in [5.41, 5.74) is 9.10. The maximum Gasteiger partial charge on any atom is 0.149 e. The topological polar surface area (TPSA) is 54.7 Å². The third-order valence-electron chi connectivity index (χ3n) is 2.40. The number of hydrogen-bond acceptors (Lipinski definition) is 2. The molecule has 1 aromatic carbocycles. The second-order valence-corrected chi connectivity index (χ2v) is 4.46. The van der Waals surface area contributed by atoms with Crippen molar-refractivity contribution in [2.75, 3.05) is 5.73 Å². The number of aromatic nitrogens is 2. The van der Waals surface area contributed by atoms with Crippen LogP contribution in [0.4, 0.5) is 5.82 Å². The van der Waals surface area contributed by atoms with E-state index >= 15 is 0 Å². The summed E-state index contributed by atoms with van der Waals surface area (Å²) < 4.78 is 1.20. The molecule has 0 aliphatic rings. The zero-order valence-corrected chi connectivity index (χ0v) is 10.6. The zero-order valence-electron chi connectivity index (χ0n) is 8.42. The molecule has 3 nitrogen and oxygen atoms in total. The number of aromatic amines is 1. The summed E-state index contributed by atoms with van der Waals surface area (Å²) in [7, 11) is 0. The lowest BCUT2D eigenvalue weighted by atomic mass is 10.1. The van der Waals surface area contributed by atoms with Crippen molar-refractivity contribution >= 4 is 28.4 Å². The first-order valence-electron chi connectivity index (χ1n) is 4.81. The van der Waals surface area contributed by atoms with E-state index in [1.165, 1.54) is 9.13 Å². The van der Waals surface area contributed by atoms with Gasteiger partial charge in [0, 0.05) is 14.7 Å². The highest BCUT2D eigenvalue weighted by atomic mass is 127. The lowest BCUT2D eigenvalue weighted by Crippen LogP contribution is -1.91. The number of nitrogens with zero attached hydrogens (tertiary/aromatic N) is 1. The van der Waals surface area contributed by atoms with Gasteiger partial charge in [0.05, 0.1) is 5.69 Å². The summed E-state index contributed by atoms with van der Waals surface area (Å²) in [5, 5.41) is 7.06. The molecule has 3 N–H and O–H groups in total. The number of anilines is 1. The normalized spacial score (nSPS) is 10.5. The largest absolute Gasteiger partial charge is 0.382 e. The number of rotatable bonds is 2. The van der Waals surface area contributed by atoms with Crippen molar-refractivity contribution in [3.63, 3.8) is 0 Å². The Kier molecular flexibility index (Phi) is 2.95.